The molecule has 0 spiro atoms. The third kappa shape index (κ3) is 2.43. The lowest BCUT2D eigenvalue weighted by Gasteiger charge is -2.10. The van der Waals surface area contributed by atoms with Crippen LogP contribution in [-0.2, 0) is 0 Å². The first-order valence-electron chi connectivity index (χ1n) is 6.29. The Hall–Kier alpha value is -1.96. The summed E-state index contributed by atoms with van der Waals surface area (Å²) in [6.45, 7) is 7.28. The van der Waals surface area contributed by atoms with Crippen molar-refractivity contribution in [2.45, 2.75) is 27.7 Å². The Kier molecular flexibility index (Phi) is 3.52. The van der Waals surface area contributed by atoms with Crippen molar-refractivity contribution >= 4 is 5.78 Å². The lowest BCUT2D eigenvalue weighted by atomic mass is 9.94. The number of ketones is 1. The zero-order valence-corrected chi connectivity index (χ0v) is 11.7. The van der Waals surface area contributed by atoms with Gasteiger partial charge in [0.1, 0.15) is 5.82 Å². The molecule has 0 N–H and O–H groups in total. The maximum absolute atomic E-state index is 13.6. The van der Waals surface area contributed by atoms with Crippen LogP contribution in [0, 0.1) is 33.5 Å². The van der Waals surface area contributed by atoms with Gasteiger partial charge >= 0.3 is 0 Å². The Morgan fingerprint density at radius 3 is 2.11 bits per heavy atom. The van der Waals surface area contributed by atoms with Crippen LogP contribution in [0.2, 0.25) is 0 Å². The van der Waals surface area contributed by atoms with Crippen LogP contribution in [0.1, 0.15) is 38.2 Å². The second-order valence-electron chi connectivity index (χ2n) is 5.00. The maximum atomic E-state index is 13.6. The summed E-state index contributed by atoms with van der Waals surface area (Å²) in [5.41, 5.74) is 4.31. The molecule has 0 unspecified atom stereocenters. The normalized spacial score (nSPS) is 10.6. The molecule has 19 heavy (non-hydrogen) atoms. The van der Waals surface area contributed by atoms with E-state index in [-0.39, 0.29) is 11.6 Å². The molecule has 0 saturated carbocycles. The van der Waals surface area contributed by atoms with Crippen molar-refractivity contribution in [2.24, 2.45) is 0 Å². The van der Waals surface area contributed by atoms with Gasteiger partial charge in [0.25, 0.3) is 0 Å². The Morgan fingerprint density at radius 2 is 1.53 bits per heavy atom. The summed E-state index contributed by atoms with van der Waals surface area (Å²) in [6, 6.07) is 8.91. The van der Waals surface area contributed by atoms with E-state index in [2.05, 4.69) is 0 Å². The fraction of sp³-hybridized carbons (Fsp3) is 0.235. The van der Waals surface area contributed by atoms with E-state index < -0.39 is 0 Å². The summed E-state index contributed by atoms with van der Waals surface area (Å²) in [4.78, 5) is 12.5. The highest BCUT2D eigenvalue weighted by Gasteiger charge is 2.15. The van der Waals surface area contributed by atoms with E-state index in [1.807, 2.05) is 32.0 Å². The molecule has 2 rings (SSSR count). The molecule has 98 valence electrons. The molecule has 1 nitrogen and oxygen atoms in total. The van der Waals surface area contributed by atoms with Crippen LogP contribution in [0.4, 0.5) is 4.39 Å². The van der Waals surface area contributed by atoms with Crippen molar-refractivity contribution in [3.63, 3.8) is 0 Å². The monoisotopic (exact) mass is 256 g/mol. The summed E-state index contributed by atoms with van der Waals surface area (Å²) in [6.07, 6.45) is 0. The minimum Gasteiger partial charge on any atom is -0.289 e. The summed E-state index contributed by atoms with van der Waals surface area (Å²) in [5.74, 6) is -0.287. The molecule has 0 aliphatic carbocycles. The summed E-state index contributed by atoms with van der Waals surface area (Å²) in [7, 11) is 0. The Balaban J connectivity index is 2.53. The van der Waals surface area contributed by atoms with Gasteiger partial charge in [0, 0.05) is 11.1 Å². The third-order valence-corrected chi connectivity index (χ3v) is 3.55. The molecule has 0 aliphatic heterocycles. The lowest BCUT2D eigenvalue weighted by molar-refractivity contribution is 0.103. The SMILES string of the molecule is Cc1cccc(C(=O)c2cc(C)c(F)c(C)c2)c1C. The number of carbonyl (C=O) groups is 1. The Morgan fingerprint density at radius 1 is 0.947 bits per heavy atom. The minimum absolute atomic E-state index is 0.0487. The number of carbonyl (C=O) groups excluding carboxylic acids is 1. The molecule has 2 aromatic carbocycles. The molecule has 0 aromatic heterocycles. The first-order chi connectivity index (χ1) is 8.91. The number of rotatable bonds is 2. The van der Waals surface area contributed by atoms with Crippen molar-refractivity contribution in [1.29, 1.82) is 0 Å². The molecule has 0 heterocycles. The van der Waals surface area contributed by atoms with Crippen molar-refractivity contribution in [1.82, 2.24) is 0 Å². The van der Waals surface area contributed by atoms with Gasteiger partial charge in [-0.1, -0.05) is 18.2 Å². The average Bonchev–Trinajstić information content (AvgIpc) is 2.38. The average molecular weight is 256 g/mol. The van der Waals surface area contributed by atoms with Crippen LogP contribution in [0.25, 0.3) is 0 Å². The van der Waals surface area contributed by atoms with Crippen LogP contribution >= 0.6 is 0 Å². The third-order valence-electron chi connectivity index (χ3n) is 3.55. The molecular weight excluding hydrogens is 239 g/mol. The first kappa shape index (κ1) is 13.5. The van der Waals surface area contributed by atoms with Gasteiger partial charge in [-0.15, -0.1) is 0 Å². The molecule has 0 bridgehead atoms. The predicted octanol–water partition coefficient (Wildman–Crippen LogP) is 4.29. The highest BCUT2D eigenvalue weighted by molar-refractivity contribution is 6.10. The Labute approximate surface area is 113 Å². The van der Waals surface area contributed by atoms with Crippen LogP contribution in [0.3, 0.4) is 0 Å². The maximum Gasteiger partial charge on any atom is 0.193 e. The number of hydrogen-bond donors (Lipinski definition) is 0. The fourth-order valence-corrected chi connectivity index (χ4v) is 2.23. The van der Waals surface area contributed by atoms with Gasteiger partial charge in [-0.05, 0) is 62.1 Å². The fourth-order valence-electron chi connectivity index (χ4n) is 2.23. The van der Waals surface area contributed by atoms with E-state index in [0.717, 1.165) is 11.1 Å². The van der Waals surface area contributed by atoms with E-state index >= 15 is 0 Å². The second-order valence-corrected chi connectivity index (χ2v) is 5.00. The van der Waals surface area contributed by atoms with Gasteiger partial charge in [-0.3, -0.25) is 4.79 Å². The number of benzene rings is 2. The van der Waals surface area contributed by atoms with Gasteiger partial charge < -0.3 is 0 Å². The molecule has 0 aliphatic rings. The molecule has 0 fully saturated rings. The highest BCUT2D eigenvalue weighted by Crippen LogP contribution is 2.20. The van der Waals surface area contributed by atoms with Crippen molar-refractivity contribution in [3.05, 3.63) is 69.5 Å². The van der Waals surface area contributed by atoms with Gasteiger partial charge in [-0.25, -0.2) is 4.39 Å². The van der Waals surface area contributed by atoms with Gasteiger partial charge in [0.2, 0.25) is 0 Å². The van der Waals surface area contributed by atoms with E-state index in [4.69, 9.17) is 0 Å². The van der Waals surface area contributed by atoms with Gasteiger partial charge in [-0.2, -0.15) is 0 Å². The van der Waals surface area contributed by atoms with Gasteiger partial charge in [0.15, 0.2) is 5.78 Å². The second kappa shape index (κ2) is 4.96. The summed E-state index contributed by atoms with van der Waals surface area (Å²) in [5, 5.41) is 0. The van der Waals surface area contributed by atoms with E-state index in [1.54, 1.807) is 26.0 Å². The van der Waals surface area contributed by atoms with Crippen LogP contribution in [0.15, 0.2) is 30.3 Å². The first-order valence-corrected chi connectivity index (χ1v) is 6.29. The zero-order chi connectivity index (χ0) is 14.2. The zero-order valence-electron chi connectivity index (χ0n) is 11.7. The summed E-state index contributed by atoms with van der Waals surface area (Å²) < 4.78 is 13.6. The molecule has 0 amide bonds. The number of halogens is 1. The van der Waals surface area contributed by atoms with Crippen LogP contribution in [-0.4, -0.2) is 5.78 Å². The van der Waals surface area contributed by atoms with E-state index in [9.17, 15) is 9.18 Å². The molecule has 2 aromatic rings. The van der Waals surface area contributed by atoms with Crippen LogP contribution in [0.5, 0.6) is 0 Å². The molecule has 0 saturated heterocycles. The standard InChI is InChI=1S/C17H17FO/c1-10-6-5-7-15(13(10)4)17(19)14-8-11(2)16(18)12(3)9-14/h5-9H,1-4H3. The lowest BCUT2D eigenvalue weighted by Crippen LogP contribution is -2.06. The number of aryl methyl sites for hydroxylation is 3. The summed E-state index contributed by atoms with van der Waals surface area (Å²) >= 11 is 0. The molecule has 0 radical (unpaired) electrons. The predicted molar refractivity (Wildman–Crippen MR) is 75.2 cm³/mol. The molecule has 2 heteroatoms. The minimum atomic E-state index is -0.238. The van der Waals surface area contributed by atoms with E-state index in [1.165, 1.54) is 0 Å². The van der Waals surface area contributed by atoms with Crippen molar-refractivity contribution < 1.29 is 9.18 Å². The topological polar surface area (TPSA) is 17.1 Å². The number of hydrogen-bond acceptors (Lipinski definition) is 1. The molecular formula is C17H17FO. The smallest absolute Gasteiger partial charge is 0.193 e. The highest BCUT2D eigenvalue weighted by atomic mass is 19.1. The quantitative estimate of drug-likeness (QED) is 0.732. The largest absolute Gasteiger partial charge is 0.289 e. The molecule has 0 atom stereocenters. The van der Waals surface area contributed by atoms with Crippen LogP contribution < -0.4 is 0 Å². The van der Waals surface area contributed by atoms with Crippen molar-refractivity contribution in [3.8, 4) is 0 Å². The van der Waals surface area contributed by atoms with E-state index in [0.29, 0.717) is 22.3 Å². The van der Waals surface area contributed by atoms with Gasteiger partial charge in [0.05, 0.1) is 0 Å². The Bertz CT molecular complexity index is 633. The van der Waals surface area contributed by atoms with Crippen molar-refractivity contribution in [2.75, 3.05) is 0 Å².